The molecule has 1 atom stereocenters. The van der Waals surface area contributed by atoms with Gasteiger partial charge in [-0.05, 0) is 53.6 Å². The molecule has 0 N–H and O–H groups in total. The highest BCUT2D eigenvalue weighted by Gasteiger charge is 2.12. The highest BCUT2D eigenvalue weighted by molar-refractivity contribution is 9.09. The molecule has 2 aromatic carbocycles. The van der Waals surface area contributed by atoms with Gasteiger partial charge in [0.2, 0.25) is 0 Å². The first-order valence-electron chi connectivity index (χ1n) is 7.33. The van der Waals surface area contributed by atoms with Crippen molar-refractivity contribution in [3.63, 3.8) is 0 Å². The molecule has 0 saturated heterocycles. The molecule has 1 aromatic heterocycles. The zero-order valence-electron chi connectivity index (χ0n) is 12.2. The zero-order chi connectivity index (χ0) is 14.7. The van der Waals surface area contributed by atoms with Gasteiger partial charge in [-0.1, -0.05) is 64.0 Å². The van der Waals surface area contributed by atoms with E-state index in [0.29, 0.717) is 5.92 Å². The van der Waals surface area contributed by atoms with Gasteiger partial charge in [0.1, 0.15) is 0 Å². The van der Waals surface area contributed by atoms with Crippen LogP contribution in [-0.2, 0) is 12.8 Å². The molecule has 0 aliphatic heterocycles. The minimum Gasteiger partial charge on any atom is -0.144 e. The molecular weight excluding hydrogens is 340 g/mol. The standard InChI is InChI=1S/C19H19BrS/c1-14-6-8-15(9-7-14)10-16(12-20)11-17-13-21-19-5-3-2-4-18(17)19/h2-9,13,16H,10-12H2,1H3. The van der Waals surface area contributed by atoms with Gasteiger partial charge in [-0.2, -0.15) is 0 Å². The summed E-state index contributed by atoms with van der Waals surface area (Å²) in [7, 11) is 0. The van der Waals surface area contributed by atoms with E-state index in [1.807, 2.05) is 11.3 Å². The lowest BCUT2D eigenvalue weighted by Gasteiger charge is -2.14. The third-order valence-electron chi connectivity index (χ3n) is 3.93. The van der Waals surface area contributed by atoms with E-state index < -0.39 is 0 Å². The summed E-state index contributed by atoms with van der Waals surface area (Å²) in [4.78, 5) is 0. The lowest BCUT2D eigenvalue weighted by atomic mass is 9.93. The number of hydrogen-bond acceptors (Lipinski definition) is 1. The lowest BCUT2D eigenvalue weighted by molar-refractivity contribution is 0.594. The zero-order valence-corrected chi connectivity index (χ0v) is 14.6. The van der Waals surface area contributed by atoms with Gasteiger partial charge in [0, 0.05) is 10.0 Å². The second-order valence-corrected chi connectivity index (χ2v) is 7.23. The molecule has 0 radical (unpaired) electrons. The molecule has 0 fully saturated rings. The topological polar surface area (TPSA) is 0 Å². The predicted octanol–water partition coefficient (Wildman–Crippen LogP) is 6.01. The fraction of sp³-hybridized carbons (Fsp3) is 0.263. The molecule has 3 rings (SSSR count). The Morgan fingerprint density at radius 3 is 2.52 bits per heavy atom. The maximum absolute atomic E-state index is 3.70. The third kappa shape index (κ3) is 3.56. The second kappa shape index (κ2) is 6.76. The molecule has 0 amide bonds. The fourth-order valence-electron chi connectivity index (χ4n) is 2.74. The summed E-state index contributed by atoms with van der Waals surface area (Å²) < 4.78 is 1.40. The van der Waals surface area contributed by atoms with E-state index in [1.54, 1.807) is 0 Å². The van der Waals surface area contributed by atoms with Gasteiger partial charge >= 0.3 is 0 Å². The number of benzene rings is 2. The summed E-state index contributed by atoms with van der Waals surface area (Å²) in [6.45, 7) is 2.14. The average molecular weight is 359 g/mol. The van der Waals surface area contributed by atoms with E-state index >= 15 is 0 Å². The summed E-state index contributed by atoms with van der Waals surface area (Å²) >= 11 is 5.56. The number of rotatable bonds is 5. The molecule has 0 aliphatic rings. The van der Waals surface area contributed by atoms with Crippen LogP contribution in [0, 0.1) is 12.8 Å². The van der Waals surface area contributed by atoms with Gasteiger partial charge in [0.15, 0.2) is 0 Å². The van der Waals surface area contributed by atoms with Crippen LogP contribution in [0.1, 0.15) is 16.7 Å². The van der Waals surface area contributed by atoms with Crippen LogP contribution >= 0.6 is 27.3 Å². The van der Waals surface area contributed by atoms with E-state index in [4.69, 9.17) is 0 Å². The molecule has 0 aliphatic carbocycles. The molecule has 1 heterocycles. The van der Waals surface area contributed by atoms with Gasteiger partial charge in [-0.3, -0.25) is 0 Å². The molecular formula is C19H19BrS. The Kier molecular flexibility index (Phi) is 4.77. The van der Waals surface area contributed by atoms with Gasteiger partial charge in [0.05, 0.1) is 0 Å². The molecule has 3 aromatic rings. The maximum Gasteiger partial charge on any atom is 0.0345 e. The summed E-state index contributed by atoms with van der Waals surface area (Å²) in [5, 5.41) is 4.80. The Morgan fingerprint density at radius 1 is 1.00 bits per heavy atom. The highest BCUT2D eigenvalue weighted by atomic mass is 79.9. The Balaban J connectivity index is 1.76. The number of alkyl halides is 1. The monoisotopic (exact) mass is 358 g/mol. The maximum atomic E-state index is 3.70. The van der Waals surface area contributed by atoms with Gasteiger partial charge < -0.3 is 0 Å². The molecule has 21 heavy (non-hydrogen) atoms. The molecule has 0 saturated carbocycles. The highest BCUT2D eigenvalue weighted by Crippen LogP contribution is 2.29. The van der Waals surface area contributed by atoms with Crippen molar-refractivity contribution in [2.45, 2.75) is 19.8 Å². The number of fused-ring (bicyclic) bond motifs is 1. The van der Waals surface area contributed by atoms with Crippen LogP contribution in [0.15, 0.2) is 53.9 Å². The van der Waals surface area contributed by atoms with E-state index in [2.05, 4.69) is 76.8 Å². The van der Waals surface area contributed by atoms with Crippen LogP contribution in [0.25, 0.3) is 10.1 Å². The second-order valence-electron chi connectivity index (χ2n) is 5.67. The van der Waals surface area contributed by atoms with Crippen molar-refractivity contribution in [2.75, 3.05) is 5.33 Å². The van der Waals surface area contributed by atoms with Crippen LogP contribution in [0.3, 0.4) is 0 Å². The van der Waals surface area contributed by atoms with Crippen LogP contribution in [0.4, 0.5) is 0 Å². The Bertz CT molecular complexity index is 712. The van der Waals surface area contributed by atoms with Crippen molar-refractivity contribution in [1.29, 1.82) is 0 Å². The first kappa shape index (κ1) is 14.8. The van der Waals surface area contributed by atoms with Crippen molar-refractivity contribution >= 4 is 37.4 Å². The summed E-state index contributed by atoms with van der Waals surface area (Å²) in [5.41, 5.74) is 4.26. The predicted molar refractivity (Wildman–Crippen MR) is 97.7 cm³/mol. The molecule has 1 unspecified atom stereocenters. The van der Waals surface area contributed by atoms with Crippen molar-refractivity contribution in [1.82, 2.24) is 0 Å². The van der Waals surface area contributed by atoms with Gasteiger partial charge in [-0.15, -0.1) is 11.3 Å². The molecule has 108 valence electrons. The van der Waals surface area contributed by atoms with Crippen molar-refractivity contribution in [2.24, 2.45) is 5.92 Å². The van der Waals surface area contributed by atoms with Crippen LogP contribution in [0.5, 0.6) is 0 Å². The SMILES string of the molecule is Cc1ccc(CC(CBr)Cc2csc3ccccc23)cc1. The van der Waals surface area contributed by atoms with Crippen molar-refractivity contribution < 1.29 is 0 Å². The minimum absolute atomic E-state index is 0.644. The third-order valence-corrected chi connectivity index (χ3v) is 5.86. The molecule has 0 nitrogen and oxygen atoms in total. The van der Waals surface area contributed by atoms with Gasteiger partial charge in [-0.25, -0.2) is 0 Å². The number of aryl methyl sites for hydroxylation is 1. The lowest BCUT2D eigenvalue weighted by Crippen LogP contribution is -2.09. The summed E-state index contributed by atoms with van der Waals surface area (Å²) in [6, 6.07) is 17.7. The van der Waals surface area contributed by atoms with Crippen LogP contribution < -0.4 is 0 Å². The quantitative estimate of drug-likeness (QED) is 0.490. The Hall–Kier alpha value is -1.12. The minimum atomic E-state index is 0.644. The first-order valence-corrected chi connectivity index (χ1v) is 9.33. The Morgan fingerprint density at radius 2 is 1.76 bits per heavy atom. The smallest absolute Gasteiger partial charge is 0.0345 e. The molecule has 0 spiro atoms. The van der Waals surface area contributed by atoms with Gasteiger partial charge in [0.25, 0.3) is 0 Å². The van der Waals surface area contributed by atoms with E-state index in [-0.39, 0.29) is 0 Å². The van der Waals surface area contributed by atoms with E-state index in [1.165, 1.54) is 26.8 Å². The van der Waals surface area contributed by atoms with Crippen LogP contribution in [-0.4, -0.2) is 5.33 Å². The molecule has 2 heteroatoms. The summed E-state index contributed by atoms with van der Waals surface area (Å²) in [5.74, 6) is 0.644. The van der Waals surface area contributed by atoms with E-state index in [9.17, 15) is 0 Å². The Labute approximate surface area is 139 Å². The summed E-state index contributed by atoms with van der Waals surface area (Å²) in [6.07, 6.45) is 2.28. The number of halogens is 1. The van der Waals surface area contributed by atoms with Crippen LogP contribution in [0.2, 0.25) is 0 Å². The fourth-order valence-corrected chi connectivity index (χ4v) is 4.17. The first-order chi connectivity index (χ1) is 10.3. The average Bonchev–Trinajstić information content (AvgIpc) is 2.92. The number of thiophene rings is 1. The van der Waals surface area contributed by atoms with Crippen molar-refractivity contribution in [3.8, 4) is 0 Å². The number of hydrogen-bond donors (Lipinski definition) is 0. The largest absolute Gasteiger partial charge is 0.144 e. The van der Waals surface area contributed by atoms with E-state index in [0.717, 1.165) is 18.2 Å². The molecule has 0 bridgehead atoms. The van der Waals surface area contributed by atoms with Crippen molar-refractivity contribution in [3.05, 3.63) is 70.6 Å². The normalized spacial score (nSPS) is 12.7.